The lowest BCUT2D eigenvalue weighted by atomic mass is 9.98. The van der Waals surface area contributed by atoms with E-state index in [-0.39, 0.29) is 37.3 Å². The van der Waals surface area contributed by atoms with Crippen LogP contribution in [-0.2, 0) is 19.1 Å². The van der Waals surface area contributed by atoms with Crippen LogP contribution in [0.3, 0.4) is 0 Å². The minimum absolute atomic E-state index is 0.0211. The third-order valence-corrected chi connectivity index (χ3v) is 6.19. The molecule has 2 amide bonds. The largest absolute Gasteiger partial charge is 0.481 e. The van der Waals surface area contributed by atoms with Crippen LogP contribution in [0.1, 0.15) is 36.8 Å². The molecule has 2 aromatic carbocycles. The highest BCUT2D eigenvalue weighted by molar-refractivity contribution is 5.82. The Labute approximate surface area is 192 Å². The summed E-state index contributed by atoms with van der Waals surface area (Å²) < 4.78 is 11.1. The van der Waals surface area contributed by atoms with Gasteiger partial charge in [0.05, 0.1) is 6.42 Å². The summed E-state index contributed by atoms with van der Waals surface area (Å²) in [5.41, 5.74) is 4.61. The number of carbonyl (C=O) groups excluding carboxylic acids is 2. The minimum atomic E-state index is -0.983. The molecule has 1 aliphatic heterocycles. The van der Waals surface area contributed by atoms with E-state index in [2.05, 4.69) is 34.9 Å². The molecule has 33 heavy (non-hydrogen) atoms. The Morgan fingerprint density at radius 1 is 1.09 bits per heavy atom. The number of alkyl carbamates (subject to hydrolysis) is 1. The quantitative estimate of drug-likeness (QED) is 0.568. The summed E-state index contributed by atoms with van der Waals surface area (Å²) in [4.78, 5) is 35.7. The van der Waals surface area contributed by atoms with Crippen LogP contribution < -0.4 is 10.6 Å². The van der Waals surface area contributed by atoms with Gasteiger partial charge in [0.25, 0.3) is 0 Å². The number of aliphatic carboxylic acids is 1. The van der Waals surface area contributed by atoms with Gasteiger partial charge in [0, 0.05) is 31.0 Å². The maximum Gasteiger partial charge on any atom is 0.407 e. The normalized spacial score (nSPS) is 19.9. The Kier molecular flexibility index (Phi) is 6.93. The number of ether oxygens (including phenoxy) is 2. The zero-order valence-corrected chi connectivity index (χ0v) is 18.5. The fraction of sp³-hybridized carbons (Fsp3) is 0.400. The molecular formula is C25H28N2O6. The molecule has 8 heteroatoms. The SMILES string of the molecule is CC(CC(=O)O)NC(=O)[C@H]1OCC[C@H]1CNC(=O)OCC1c2ccccc2-c2ccccc21. The third kappa shape index (κ3) is 5.17. The second kappa shape index (κ2) is 10.0. The van der Waals surface area contributed by atoms with E-state index < -0.39 is 24.2 Å². The number of amides is 2. The van der Waals surface area contributed by atoms with Crippen LogP contribution >= 0.6 is 0 Å². The van der Waals surface area contributed by atoms with Gasteiger partial charge in [-0.05, 0) is 35.6 Å². The third-order valence-electron chi connectivity index (χ3n) is 6.19. The van der Waals surface area contributed by atoms with Crippen LogP contribution in [0.2, 0.25) is 0 Å². The lowest BCUT2D eigenvalue weighted by Crippen LogP contribution is -2.45. The summed E-state index contributed by atoms with van der Waals surface area (Å²) in [6.07, 6.45) is -0.812. The van der Waals surface area contributed by atoms with Gasteiger partial charge >= 0.3 is 12.1 Å². The van der Waals surface area contributed by atoms with Gasteiger partial charge in [-0.15, -0.1) is 0 Å². The molecule has 1 fully saturated rings. The van der Waals surface area contributed by atoms with Gasteiger partial charge in [0.15, 0.2) is 0 Å². The van der Waals surface area contributed by atoms with Crippen molar-refractivity contribution >= 4 is 18.0 Å². The van der Waals surface area contributed by atoms with Gasteiger partial charge in [0.1, 0.15) is 12.7 Å². The molecule has 2 aromatic rings. The van der Waals surface area contributed by atoms with E-state index in [1.165, 1.54) is 0 Å². The molecule has 8 nitrogen and oxygen atoms in total. The van der Waals surface area contributed by atoms with Crippen molar-refractivity contribution in [1.29, 1.82) is 0 Å². The van der Waals surface area contributed by atoms with Crippen molar-refractivity contribution in [3.63, 3.8) is 0 Å². The number of carbonyl (C=O) groups is 3. The van der Waals surface area contributed by atoms with Crippen LogP contribution in [-0.4, -0.2) is 55.0 Å². The first-order valence-electron chi connectivity index (χ1n) is 11.2. The van der Waals surface area contributed by atoms with Gasteiger partial charge in [-0.25, -0.2) is 4.79 Å². The highest BCUT2D eigenvalue weighted by atomic mass is 16.5. The summed E-state index contributed by atoms with van der Waals surface area (Å²) in [6, 6.07) is 15.8. The van der Waals surface area contributed by atoms with Crippen molar-refractivity contribution in [3.8, 4) is 11.1 Å². The van der Waals surface area contributed by atoms with Gasteiger partial charge in [-0.1, -0.05) is 48.5 Å². The number of hydrogen-bond donors (Lipinski definition) is 3. The fourth-order valence-corrected chi connectivity index (χ4v) is 4.63. The van der Waals surface area contributed by atoms with Crippen molar-refractivity contribution in [2.75, 3.05) is 19.8 Å². The predicted molar refractivity (Wildman–Crippen MR) is 121 cm³/mol. The van der Waals surface area contributed by atoms with E-state index in [0.29, 0.717) is 13.0 Å². The minimum Gasteiger partial charge on any atom is -0.481 e. The molecule has 1 unspecified atom stereocenters. The van der Waals surface area contributed by atoms with Crippen molar-refractivity contribution in [3.05, 3.63) is 59.7 Å². The van der Waals surface area contributed by atoms with Crippen LogP contribution in [0.5, 0.6) is 0 Å². The molecule has 0 bridgehead atoms. The summed E-state index contributed by atoms with van der Waals surface area (Å²) in [5, 5.41) is 14.3. The molecule has 1 saturated heterocycles. The predicted octanol–water partition coefficient (Wildman–Crippen LogP) is 2.91. The monoisotopic (exact) mass is 452 g/mol. The van der Waals surface area contributed by atoms with Gasteiger partial charge in [-0.2, -0.15) is 0 Å². The molecular weight excluding hydrogens is 424 g/mol. The van der Waals surface area contributed by atoms with Crippen LogP contribution in [0.25, 0.3) is 11.1 Å². The van der Waals surface area contributed by atoms with Gasteiger partial charge in [0.2, 0.25) is 5.91 Å². The van der Waals surface area contributed by atoms with E-state index in [1.54, 1.807) is 6.92 Å². The van der Waals surface area contributed by atoms with Crippen molar-refractivity contribution in [2.24, 2.45) is 5.92 Å². The Balaban J connectivity index is 1.29. The molecule has 0 saturated carbocycles. The lowest BCUT2D eigenvalue weighted by molar-refractivity contribution is -0.138. The van der Waals surface area contributed by atoms with Crippen LogP contribution in [0.15, 0.2) is 48.5 Å². The maximum atomic E-state index is 12.5. The van der Waals surface area contributed by atoms with Gasteiger partial charge < -0.3 is 25.2 Å². The van der Waals surface area contributed by atoms with Gasteiger partial charge in [-0.3, -0.25) is 9.59 Å². The number of carboxylic acids is 1. The van der Waals surface area contributed by atoms with E-state index in [4.69, 9.17) is 14.6 Å². The summed E-state index contributed by atoms with van der Waals surface area (Å²) in [6.45, 7) is 2.49. The first-order valence-corrected chi connectivity index (χ1v) is 11.2. The first kappa shape index (κ1) is 22.8. The van der Waals surface area contributed by atoms with Crippen molar-refractivity contribution < 1.29 is 29.0 Å². The van der Waals surface area contributed by atoms with Crippen LogP contribution in [0.4, 0.5) is 4.79 Å². The first-order chi connectivity index (χ1) is 15.9. The Hall–Kier alpha value is -3.39. The second-order valence-corrected chi connectivity index (χ2v) is 8.55. The number of carboxylic acid groups (broad SMARTS) is 1. The molecule has 4 rings (SSSR count). The molecule has 3 atom stereocenters. The molecule has 0 radical (unpaired) electrons. The Bertz CT molecular complexity index is 994. The molecule has 174 valence electrons. The average Bonchev–Trinajstić information content (AvgIpc) is 3.38. The Morgan fingerprint density at radius 3 is 2.36 bits per heavy atom. The van der Waals surface area contributed by atoms with Crippen molar-refractivity contribution in [1.82, 2.24) is 10.6 Å². The standard InChI is InChI=1S/C25H28N2O6/c1-15(12-22(28)29)27-24(30)23-16(10-11-32-23)13-26-25(31)33-14-21-19-8-4-2-6-17(19)18-7-3-5-9-20(18)21/h2-9,15-16,21,23H,10-14H2,1H3,(H,26,31)(H,27,30)(H,28,29)/t15?,16-,23-/m0/s1. The highest BCUT2D eigenvalue weighted by Gasteiger charge is 2.35. The topological polar surface area (TPSA) is 114 Å². The molecule has 1 heterocycles. The second-order valence-electron chi connectivity index (χ2n) is 8.55. The molecule has 1 aliphatic carbocycles. The number of benzene rings is 2. The van der Waals surface area contributed by atoms with E-state index in [1.807, 2.05) is 24.3 Å². The fourth-order valence-electron chi connectivity index (χ4n) is 4.63. The van der Waals surface area contributed by atoms with Crippen molar-refractivity contribution in [2.45, 2.75) is 37.8 Å². The summed E-state index contributed by atoms with van der Waals surface area (Å²) in [5.74, 6) is -1.57. The van der Waals surface area contributed by atoms with Crippen LogP contribution in [0, 0.1) is 5.92 Å². The number of hydrogen-bond acceptors (Lipinski definition) is 5. The summed E-state index contributed by atoms with van der Waals surface area (Å²) >= 11 is 0. The highest BCUT2D eigenvalue weighted by Crippen LogP contribution is 2.44. The average molecular weight is 453 g/mol. The molecule has 0 aromatic heterocycles. The van der Waals surface area contributed by atoms with E-state index in [9.17, 15) is 14.4 Å². The van der Waals surface area contributed by atoms with E-state index >= 15 is 0 Å². The zero-order valence-electron chi connectivity index (χ0n) is 18.5. The number of rotatable bonds is 8. The number of fused-ring (bicyclic) bond motifs is 3. The molecule has 0 spiro atoms. The number of nitrogens with one attached hydrogen (secondary N) is 2. The lowest BCUT2D eigenvalue weighted by Gasteiger charge is -2.21. The Morgan fingerprint density at radius 2 is 1.73 bits per heavy atom. The molecule has 2 aliphatic rings. The van der Waals surface area contributed by atoms with E-state index in [0.717, 1.165) is 22.3 Å². The zero-order chi connectivity index (χ0) is 23.4. The summed E-state index contributed by atoms with van der Waals surface area (Å²) in [7, 11) is 0. The smallest absolute Gasteiger partial charge is 0.407 e. The maximum absolute atomic E-state index is 12.5. The molecule has 3 N–H and O–H groups in total.